The van der Waals surface area contributed by atoms with Crippen molar-refractivity contribution in [2.75, 3.05) is 13.1 Å². The van der Waals surface area contributed by atoms with E-state index in [1.165, 1.54) is 0 Å². The lowest BCUT2D eigenvalue weighted by atomic mass is 10.3. The summed E-state index contributed by atoms with van der Waals surface area (Å²) in [6, 6.07) is -0.103. The van der Waals surface area contributed by atoms with Crippen molar-refractivity contribution in [3.8, 4) is 0 Å². The third-order valence-corrected chi connectivity index (χ3v) is 2.16. The van der Waals surface area contributed by atoms with Crippen molar-refractivity contribution in [1.82, 2.24) is 9.44 Å². The van der Waals surface area contributed by atoms with Crippen molar-refractivity contribution in [2.45, 2.75) is 6.04 Å². The molecule has 0 atom stereocenters. The summed E-state index contributed by atoms with van der Waals surface area (Å²) < 4.78 is 25.5. The second-order valence-electron chi connectivity index (χ2n) is 1.96. The predicted octanol–water partition coefficient (Wildman–Crippen LogP) is -2.25. The van der Waals surface area contributed by atoms with Gasteiger partial charge in [0.1, 0.15) is 0 Å². The van der Waals surface area contributed by atoms with Crippen LogP contribution in [0.15, 0.2) is 0 Å². The lowest BCUT2D eigenvalue weighted by Crippen LogP contribution is -2.54. The van der Waals surface area contributed by atoms with E-state index < -0.39 is 10.2 Å². The van der Waals surface area contributed by atoms with Gasteiger partial charge in [0, 0.05) is 19.1 Å². The van der Waals surface area contributed by atoms with Gasteiger partial charge in [-0.1, -0.05) is 0 Å². The van der Waals surface area contributed by atoms with Crippen molar-refractivity contribution < 1.29 is 8.42 Å². The van der Waals surface area contributed by atoms with Gasteiger partial charge in [-0.3, -0.25) is 0 Å². The van der Waals surface area contributed by atoms with Crippen LogP contribution < -0.4 is 15.2 Å². The Kier molecular flexibility index (Phi) is 1.71. The summed E-state index contributed by atoms with van der Waals surface area (Å²) in [6.07, 6.45) is 0. The number of nitrogens with one attached hydrogen (secondary N) is 2. The van der Waals surface area contributed by atoms with Crippen LogP contribution in [0.25, 0.3) is 0 Å². The van der Waals surface area contributed by atoms with Gasteiger partial charge in [-0.2, -0.15) is 8.42 Å². The summed E-state index contributed by atoms with van der Waals surface area (Å²) in [5, 5.41) is 0. The smallest absolute Gasteiger partial charge is 0.277 e. The first-order chi connectivity index (χ1) is 4.10. The highest BCUT2D eigenvalue weighted by Gasteiger charge is 2.17. The molecule has 1 rings (SSSR count). The van der Waals surface area contributed by atoms with Gasteiger partial charge in [0.25, 0.3) is 10.2 Å². The van der Waals surface area contributed by atoms with Crippen molar-refractivity contribution in [3.05, 3.63) is 0 Å². The highest BCUT2D eigenvalue weighted by molar-refractivity contribution is 7.87. The molecule has 0 spiro atoms. The second-order valence-corrected chi connectivity index (χ2v) is 3.54. The zero-order valence-corrected chi connectivity index (χ0v) is 5.61. The molecule has 0 radical (unpaired) electrons. The molecule has 6 heteroatoms. The van der Waals surface area contributed by atoms with Crippen LogP contribution in [0.5, 0.6) is 0 Å². The predicted molar refractivity (Wildman–Crippen MR) is 32.9 cm³/mol. The first-order valence-electron chi connectivity index (χ1n) is 2.60. The molecule has 4 N–H and O–H groups in total. The van der Waals surface area contributed by atoms with E-state index in [4.69, 9.17) is 5.73 Å². The third-order valence-electron chi connectivity index (χ3n) is 1.07. The van der Waals surface area contributed by atoms with Crippen molar-refractivity contribution in [2.24, 2.45) is 5.73 Å². The van der Waals surface area contributed by atoms with Crippen molar-refractivity contribution >= 4 is 10.2 Å². The summed E-state index contributed by atoms with van der Waals surface area (Å²) in [5.74, 6) is 0. The van der Waals surface area contributed by atoms with Crippen LogP contribution in [0.3, 0.4) is 0 Å². The molecule has 0 aromatic heterocycles. The Morgan fingerprint density at radius 1 is 1.33 bits per heavy atom. The van der Waals surface area contributed by atoms with E-state index >= 15 is 0 Å². The average Bonchev–Trinajstić information content (AvgIpc) is 1.78. The standard InChI is InChI=1S/C3H9N3O2S/c4-3-1-5-9(7,8)6-2-3/h3,5-6H,1-2,4H2. The van der Waals surface area contributed by atoms with E-state index in [1.54, 1.807) is 0 Å². The van der Waals surface area contributed by atoms with Gasteiger partial charge in [0.2, 0.25) is 0 Å². The molecule has 1 saturated heterocycles. The molecule has 0 unspecified atom stereocenters. The molecule has 0 amide bonds. The Balaban J connectivity index is 2.55. The minimum atomic E-state index is -3.20. The van der Waals surface area contributed by atoms with E-state index in [-0.39, 0.29) is 6.04 Å². The molecule has 54 valence electrons. The van der Waals surface area contributed by atoms with Gasteiger partial charge in [0.05, 0.1) is 0 Å². The van der Waals surface area contributed by atoms with E-state index in [0.717, 1.165) is 0 Å². The SMILES string of the molecule is NC1CNS(=O)(=O)NC1. The third kappa shape index (κ3) is 1.90. The Morgan fingerprint density at radius 2 is 1.78 bits per heavy atom. The lowest BCUT2D eigenvalue weighted by molar-refractivity contribution is 0.520. The Hall–Kier alpha value is -0.170. The fourth-order valence-electron chi connectivity index (χ4n) is 0.557. The van der Waals surface area contributed by atoms with Gasteiger partial charge >= 0.3 is 0 Å². The minimum absolute atomic E-state index is 0.103. The quantitative estimate of drug-likeness (QED) is 0.366. The fraction of sp³-hybridized carbons (Fsp3) is 1.00. The van der Waals surface area contributed by atoms with Crippen LogP contribution >= 0.6 is 0 Å². The lowest BCUT2D eigenvalue weighted by Gasteiger charge is -2.19. The highest BCUT2D eigenvalue weighted by Crippen LogP contribution is 1.86. The molecule has 1 aliphatic rings. The largest absolute Gasteiger partial charge is 0.325 e. The molecule has 0 aliphatic carbocycles. The zero-order valence-electron chi connectivity index (χ0n) is 4.79. The van der Waals surface area contributed by atoms with E-state index in [2.05, 4.69) is 9.44 Å². The van der Waals surface area contributed by atoms with Crippen LogP contribution in [0, 0.1) is 0 Å². The Labute approximate surface area is 53.8 Å². The molecule has 1 heterocycles. The van der Waals surface area contributed by atoms with Crippen LogP contribution in [-0.2, 0) is 10.2 Å². The van der Waals surface area contributed by atoms with Gasteiger partial charge in [0.15, 0.2) is 0 Å². The number of nitrogens with two attached hydrogens (primary N) is 1. The van der Waals surface area contributed by atoms with E-state index in [9.17, 15) is 8.42 Å². The highest BCUT2D eigenvalue weighted by atomic mass is 32.2. The summed E-state index contributed by atoms with van der Waals surface area (Å²) in [7, 11) is -3.20. The van der Waals surface area contributed by atoms with Gasteiger partial charge in [-0.15, -0.1) is 0 Å². The fourth-order valence-corrected chi connectivity index (χ4v) is 1.53. The van der Waals surface area contributed by atoms with Gasteiger partial charge in [-0.25, -0.2) is 9.44 Å². The first-order valence-corrected chi connectivity index (χ1v) is 4.08. The van der Waals surface area contributed by atoms with Crippen LogP contribution in [-0.4, -0.2) is 27.5 Å². The summed E-state index contributed by atoms with van der Waals surface area (Å²) in [4.78, 5) is 0. The average molecular weight is 151 g/mol. The van der Waals surface area contributed by atoms with Crippen molar-refractivity contribution in [3.63, 3.8) is 0 Å². The van der Waals surface area contributed by atoms with Gasteiger partial charge in [-0.05, 0) is 0 Å². The van der Waals surface area contributed by atoms with Crippen LogP contribution in [0.2, 0.25) is 0 Å². The van der Waals surface area contributed by atoms with Crippen molar-refractivity contribution in [1.29, 1.82) is 0 Å². The van der Waals surface area contributed by atoms with E-state index in [1.807, 2.05) is 0 Å². The molecule has 0 saturated carbocycles. The normalized spacial score (nSPS) is 28.1. The number of rotatable bonds is 0. The van der Waals surface area contributed by atoms with Crippen LogP contribution in [0.1, 0.15) is 0 Å². The molecule has 0 aromatic rings. The molecule has 9 heavy (non-hydrogen) atoms. The number of hydrogen-bond donors (Lipinski definition) is 3. The molecule has 5 nitrogen and oxygen atoms in total. The molecule has 1 aliphatic heterocycles. The molecular formula is C3H9N3O2S. The maximum absolute atomic E-state index is 10.5. The molecule has 0 bridgehead atoms. The Bertz CT molecular complexity index is 173. The van der Waals surface area contributed by atoms with Gasteiger partial charge < -0.3 is 5.73 Å². The monoisotopic (exact) mass is 151 g/mol. The molecule has 0 aromatic carbocycles. The topological polar surface area (TPSA) is 84.2 Å². The second kappa shape index (κ2) is 2.22. The first kappa shape index (κ1) is 6.94. The molecular weight excluding hydrogens is 142 g/mol. The Morgan fingerprint density at radius 3 is 2.11 bits per heavy atom. The molecule has 1 fully saturated rings. The zero-order chi connectivity index (χ0) is 6.91. The van der Waals surface area contributed by atoms with Crippen LogP contribution in [0.4, 0.5) is 0 Å². The minimum Gasteiger partial charge on any atom is -0.325 e. The maximum atomic E-state index is 10.5. The maximum Gasteiger partial charge on any atom is 0.277 e. The number of hydrogen-bond acceptors (Lipinski definition) is 3. The summed E-state index contributed by atoms with van der Waals surface area (Å²) in [6.45, 7) is 0.657. The summed E-state index contributed by atoms with van der Waals surface area (Å²) >= 11 is 0. The van der Waals surface area contributed by atoms with E-state index in [0.29, 0.717) is 13.1 Å². The summed E-state index contributed by atoms with van der Waals surface area (Å²) in [5.41, 5.74) is 5.37.